The minimum Gasteiger partial charge on any atom is -0.490 e. The molecule has 0 aromatic heterocycles. The Hall–Kier alpha value is -2.09. The summed E-state index contributed by atoms with van der Waals surface area (Å²) < 4.78 is 11.9. The van der Waals surface area contributed by atoms with Gasteiger partial charge in [-0.3, -0.25) is 9.59 Å². The Kier molecular flexibility index (Phi) is 7.24. The number of hydrogen-bond acceptors (Lipinski definition) is 4. The van der Waals surface area contributed by atoms with Gasteiger partial charge in [-0.25, -0.2) is 0 Å². The molecule has 0 bridgehead atoms. The van der Waals surface area contributed by atoms with Gasteiger partial charge in [-0.05, 0) is 65.8 Å². The van der Waals surface area contributed by atoms with Gasteiger partial charge in [-0.15, -0.1) is 0 Å². The Labute approximate surface area is 160 Å². The molecule has 25 heavy (non-hydrogen) atoms. The van der Waals surface area contributed by atoms with Gasteiger partial charge in [0, 0.05) is 11.3 Å². The van der Waals surface area contributed by atoms with Gasteiger partial charge in [0.25, 0.3) is 5.91 Å². The Morgan fingerprint density at radius 3 is 2.48 bits per heavy atom. The highest BCUT2D eigenvalue weighted by Gasteiger charge is 2.14. The molecule has 0 spiro atoms. The van der Waals surface area contributed by atoms with Gasteiger partial charge >= 0.3 is 0 Å². The molecule has 1 N–H and O–H groups in total. The number of hydrogen-bond donors (Lipinski definition) is 1. The molecule has 0 fully saturated rings. The van der Waals surface area contributed by atoms with E-state index in [1.165, 1.54) is 5.56 Å². The van der Waals surface area contributed by atoms with Gasteiger partial charge in [-0.2, -0.15) is 0 Å². The van der Waals surface area contributed by atoms with Crippen molar-refractivity contribution in [2.24, 2.45) is 0 Å². The van der Waals surface area contributed by atoms with Crippen molar-refractivity contribution in [2.45, 2.75) is 20.3 Å². The Balaban J connectivity index is 2.04. The predicted molar refractivity (Wildman–Crippen MR) is 106 cm³/mol. The molecule has 5 nitrogen and oxygen atoms in total. The van der Waals surface area contributed by atoms with Crippen molar-refractivity contribution in [2.75, 3.05) is 18.5 Å². The second-order valence-corrected chi connectivity index (χ2v) is 6.43. The Morgan fingerprint density at radius 2 is 1.88 bits per heavy atom. The predicted octanol–water partition coefficient (Wildman–Crippen LogP) is 4.08. The second-order valence-electron chi connectivity index (χ2n) is 5.27. The Morgan fingerprint density at radius 1 is 1.16 bits per heavy atom. The molecule has 2 aromatic carbocycles. The van der Waals surface area contributed by atoms with E-state index in [2.05, 4.69) is 34.8 Å². The van der Waals surface area contributed by atoms with Crippen LogP contribution >= 0.6 is 22.6 Å². The fourth-order valence-corrected chi connectivity index (χ4v) is 3.00. The van der Waals surface area contributed by atoms with Crippen molar-refractivity contribution in [1.82, 2.24) is 0 Å². The largest absolute Gasteiger partial charge is 0.490 e. The number of halogens is 1. The molecule has 0 atom stereocenters. The van der Waals surface area contributed by atoms with Crippen molar-refractivity contribution in [3.8, 4) is 11.5 Å². The van der Waals surface area contributed by atoms with E-state index in [0.717, 1.165) is 18.4 Å². The monoisotopic (exact) mass is 453 g/mol. The summed E-state index contributed by atoms with van der Waals surface area (Å²) in [5.74, 6) is 0.656. The lowest BCUT2D eigenvalue weighted by atomic mass is 10.1. The van der Waals surface area contributed by atoms with Crippen LogP contribution in [0.1, 0.15) is 29.8 Å². The summed E-state index contributed by atoms with van der Waals surface area (Å²) in [5, 5.41) is 2.79. The van der Waals surface area contributed by atoms with Gasteiger partial charge < -0.3 is 14.8 Å². The third-order valence-electron chi connectivity index (χ3n) is 3.46. The number of aldehydes is 1. The van der Waals surface area contributed by atoms with Crippen LogP contribution in [0.2, 0.25) is 0 Å². The molecule has 2 rings (SSSR count). The Bertz CT molecular complexity index is 744. The standard InChI is InChI=1S/C19H20INO4/c1-3-13-5-7-15(8-6-13)21-18(23)12-25-19-16(20)9-14(11-22)10-17(19)24-4-2/h5-11H,3-4,12H2,1-2H3,(H,21,23). The molecule has 0 heterocycles. The van der Waals surface area contributed by atoms with E-state index in [-0.39, 0.29) is 12.5 Å². The van der Waals surface area contributed by atoms with Gasteiger partial charge in [-0.1, -0.05) is 19.1 Å². The molecule has 0 radical (unpaired) electrons. The first-order chi connectivity index (χ1) is 12.1. The number of carbonyl (C=O) groups excluding carboxylic acids is 2. The van der Waals surface area contributed by atoms with E-state index in [1.807, 2.05) is 31.2 Å². The van der Waals surface area contributed by atoms with Crippen LogP contribution in [-0.4, -0.2) is 25.4 Å². The number of nitrogens with one attached hydrogen (secondary N) is 1. The number of rotatable bonds is 8. The van der Waals surface area contributed by atoms with Crippen LogP contribution in [0.25, 0.3) is 0 Å². The molecule has 0 unspecified atom stereocenters. The zero-order valence-corrected chi connectivity index (χ0v) is 16.3. The zero-order chi connectivity index (χ0) is 18.2. The molecule has 2 aromatic rings. The van der Waals surface area contributed by atoms with Crippen LogP contribution in [0, 0.1) is 3.57 Å². The van der Waals surface area contributed by atoms with E-state index in [9.17, 15) is 9.59 Å². The minimum absolute atomic E-state index is 0.147. The molecule has 6 heteroatoms. The normalized spacial score (nSPS) is 10.2. The SMILES string of the molecule is CCOc1cc(C=O)cc(I)c1OCC(=O)Nc1ccc(CC)cc1. The number of amides is 1. The fraction of sp³-hybridized carbons (Fsp3) is 0.263. The third kappa shape index (κ3) is 5.45. The molecule has 132 valence electrons. The minimum atomic E-state index is -0.262. The van der Waals surface area contributed by atoms with E-state index in [0.29, 0.717) is 27.2 Å². The maximum Gasteiger partial charge on any atom is 0.262 e. The highest BCUT2D eigenvalue weighted by molar-refractivity contribution is 14.1. The fourth-order valence-electron chi connectivity index (χ4n) is 2.22. The molecule has 0 saturated heterocycles. The first-order valence-electron chi connectivity index (χ1n) is 8.00. The van der Waals surface area contributed by atoms with Crippen LogP contribution in [0.4, 0.5) is 5.69 Å². The van der Waals surface area contributed by atoms with E-state index in [4.69, 9.17) is 9.47 Å². The lowest BCUT2D eigenvalue weighted by Crippen LogP contribution is -2.20. The van der Waals surface area contributed by atoms with Gasteiger partial charge in [0.2, 0.25) is 0 Å². The average molecular weight is 453 g/mol. The number of benzene rings is 2. The molecular weight excluding hydrogens is 433 g/mol. The number of carbonyl (C=O) groups is 2. The van der Waals surface area contributed by atoms with Crippen LogP contribution < -0.4 is 14.8 Å². The lowest BCUT2D eigenvalue weighted by Gasteiger charge is -2.14. The summed E-state index contributed by atoms with van der Waals surface area (Å²) in [7, 11) is 0. The molecule has 0 saturated carbocycles. The summed E-state index contributed by atoms with van der Waals surface area (Å²) in [6, 6.07) is 11.0. The maximum absolute atomic E-state index is 12.1. The first-order valence-corrected chi connectivity index (χ1v) is 9.08. The average Bonchev–Trinajstić information content (AvgIpc) is 2.61. The third-order valence-corrected chi connectivity index (χ3v) is 4.26. The van der Waals surface area contributed by atoms with Crippen molar-refractivity contribution in [3.05, 3.63) is 51.1 Å². The first kappa shape index (κ1) is 19.2. The van der Waals surface area contributed by atoms with Gasteiger partial charge in [0.1, 0.15) is 6.29 Å². The summed E-state index contributed by atoms with van der Waals surface area (Å²) in [6.45, 7) is 4.21. The number of aryl methyl sites for hydroxylation is 1. The highest BCUT2D eigenvalue weighted by atomic mass is 127. The van der Waals surface area contributed by atoms with Crippen LogP contribution in [-0.2, 0) is 11.2 Å². The zero-order valence-electron chi connectivity index (χ0n) is 14.2. The van der Waals surface area contributed by atoms with Gasteiger partial charge in [0.15, 0.2) is 18.1 Å². The van der Waals surface area contributed by atoms with Crippen molar-refractivity contribution < 1.29 is 19.1 Å². The van der Waals surface area contributed by atoms with Crippen LogP contribution in [0.5, 0.6) is 11.5 Å². The van der Waals surface area contributed by atoms with E-state index in [1.54, 1.807) is 12.1 Å². The van der Waals surface area contributed by atoms with Crippen molar-refractivity contribution in [1.29, 1.82) is 0 Å². The maximum atomic E-state index is 12.1. The smallest absolute Gasteiger partial charge is 0.262 e. The summed E-state index contributed by atoms with van der Waals surface area (Å²) in [6.07, 6.45) is 1.70. The molecular formula is C19H20INO4. The molecule has 0 aliphatic carbocycles. The summed E-state index contributed by atoms with van der Waals surface area (Å²) in [4.78, 5) is 23.1. The number of anilines is 1. The topological polar surface area (TPSA) is 64.6 Å². The second kappa shape index (κ2) is 9.41. The summed E-state index contributed by atoms with van der Waals surface area (Å²) >= 11 is 2.06. The van der Waals surface area contributed by atoms with Gasteiger partial charge in [0.05, 0.1) is 10.2 Å². The lowest BCUT2D eigenvalue weighted by molar-refractivity contribution is -0.118. The van der Waals surface area contributed by atoms with Crippen molar-refractivity contribution in [3.63, 3.8) is 0 Å². The quantitative estimate of drug-likeness (QED) is 0.484. The molecule has 0 aliphatic rings. The molecule has 0 aliphatic heterocycles. The van der Waals surface area contributed by atoms with E-state index >= 15 is 0 Å². The van der Waals surface area contributed by atoms with Crippen molar-refractivity contribution >= 4 is 40.5 Å². The van der Waals surface area contributed by atoms with Crippen LogP contribution in [0.3, 0.4) is 0 Å². The summed E-state index contributed by atoms with van der Waals surface area (Å²) in [5.41, 5.74) is 2.43. The van der Waals surface area contributed by atoms with Crippen LogP contribution in [0.15, 0.2) is 36.4 Å². The highest BCUT2D eigenvalue weighted by Crippen LogP contribution is 2.33. The molecule has 1 amide bonds. The van der Waals surface area contributed by atoms with E-state index < -0.39 is 0 Å². The number of ether oxygens (including phenoxy) is 2.